The molecule has 1 aromatic carbocycles. The second-order valence-electron chi connectivity index (χ2n) is 3.57. The minimum atomic E-state index is -0.917. The first kappa shape index (κ1) is 12.7. The van der Waals surface area contributed by atoms with Crippen LogP contribution in [0.5, 0.6) is 5.75 Å². The first-order chi connectivity index (χ1) is 8.72. The maximum Gasteiger partial charge on any atom is 0.165 e. The van der Waals surface area contributed by atoms with Crippen molar-refractivity contribution in [3.8, 4) is 5.75 Å². The van der Waals surface area contributed by atoms with Crippen LogP contribution in [0.1, 0.15) is 24.3 Å². The van der Waals surface area contributed by atoms with E-state index in [2.05, 4.69) is 15.4 Å². The van der Waals surface area contributed by atoms with Crippen LogP contribution < -0.4 is 4.74 Å². The topological polar surface area (TPSA) is 68.1 Å². The molecule has 6 heteroatoms. The smallest absolute Gasteiger partial charge is 0.165 e. The number of benzene rings is 1. The molecule has 2 aromatic rings. The second-order valence-corrected chi connectivity index (χ2v) is 4.01. The van der Waals surface area contributed by atoms with Crippen molar-refractivity contribution < 1.29 is 9.84 Å². The van der Waals surface area contributed by atoms with Gasteiger partial charge in [0.05, 0.1) is 12.8 Å². The van der Waals surface area contributed by atoms with Gasteiger partial charge in [-0.25, -0.2) is 0 Å². The summed E-state index contributed by atoms with van der Waals surface area (Å²) < 4.78 is 5.35. The molecule has 0 aliphatic heterocycles. The van der Waals surface area contributed by atoms with Gasteiger partial charge in [-0.2, -0.15) is 0 Å². The number of aromatic nitrogens is 3. The third-order valence-corrected chi connectivity index (χ3v) is 2.63. The highest BCUT2D eigenvalue weighted by molar-refractivity contribution is 6.30. The molecule has 18 heavy (non-hydrogen) atoms. The molecule has 0 radical (unpaired) electrons. The van der Waals surface area contributed by atoms with Crippen molar-refractivity contribution in [2.45, 2.75) is 13.0 Å². The maximum absolute atomic E-state index is 10.2. The molecular formula is C12H12ClN3O2. The van der Waals surface area contributed by atoms with Crippen LogP contribution in [0.2, 0.25) is 5.02 Å². The minimum Gasteiger partial charge on any atom is -0.490 e. The van der Waals surface area contributed by atoms with Gasteiger partial charge in [0.2, 0.25) is 0 Å². The van der Waals surface area contributed by atoms with E-state index < -0.39 is 6.10 Å². The summed E-state index contributed by atoms with van der Waals surface area (Å²) in [5.74, 6) is 0.426. The molecule has 0 aliphatic carbocycles. The molecule has 0 saturated carbocycles. The number of aliphatic hydroxyl groups is 1. The van der Waals surface area contributed by atoms with Crippen LogP contribution in [0.25, 0.3) is 0 Å². The number of hydrogen-bond acceptors (Lipinski definition) is 5. The average molecular weight is 266 g/mol. The van der Waals surface area contributed by atoms with E-state index in [0.29, 0.717) is 28.6 Å². The number of ether oxygens (including phenoxy) is 1. The summed E-state index contributed by atoms with van der Waals surface area (Å²) >= 11 is 5.80. The van der Waals surface area contributed by atoms with Crippen molar-refractivity contribution >= 4 is 11.6 Å². The Labute approximate surface area is 109 Å². The zero-order valence-corrected chi connectivity index (χ0v) is 10.5. The van der Waals surface area contributed by atoms with Gasteiger partial charge in [-0.15, -0.1) is 10.2 Å². The van der Waals surface area contributed by atoms with Crippen LogP contribution in [-0.4, -0.2) is 27.1 Å². The first-order valence-electron chi connectivity index (χ1n) is 5.47. The lowest BCUT2D eigenvalue weighted by Gasteiger charge is -2.13. The molecule has 0 bridgehead atoms. The van der Waals surface area contributed by atoms with E-state index in [4.69, 9.17) is 16.3 Å². The summed E-state index contributed by atoms with van der Waals surface area (Å²) in [6.45, 7) is 2.31. The van der Waals surface area contributed by atoms with Gasteiger partial charge in [0.15, 0.2) is 5.75 Å². The summed E-state index contributed by atoms with van der Waals surface area (Å²) in [4.78, 5) is 0. The van der Waals surface area contributed by atoms with Crippen molar-refractivity contribution in [2.75, 3.05) is 6.61 Å². The van der Waals surface area contributed by atoms with Crippen molar-refractivity contribution in [3.63, 3.8) is 0 Å². The molecule has 0 spiro atoms. The van der Waals surface area contributed by atoms with Gasteiger partial charge in [0.1, 0.15) is 11.8 Å². The van der Waals surface area contributed by atoms with Crippen molar-refractivity contribution in [2.24, 2.45) is 0 Å². The van der Waals surface area contributed by atoms with Crippen LogP contribution in [0.15, 0.2) is 30.5 Å². The summed E-state index contributed by atoms with van der Waals surface area (Å²) in [6.07, 6.45) is 0.518. The Balaban J connectivity index is 2.33. The Morgan fingerprint density at radius 2 is 2.06 bits per heavy atom. The van der Waals surface area contributed by atoms with Crippen LogP contribution >= 0.6 is 11.6 Å². The molecule has 0 aliphatic rings. The van der Waals surface area contributed by atoms with E-state index in [9.17, 15) is 5.11 Å². The summed E-state index contributed by atoms with van der Waals surface area (Å²) in [7, 11) is 0. The van der Waals surface area contributed by atoms with Crippen LogP contribution in [0.3, 0.4) is 0 Å². The molecule has 1 aromatic heterocycles. The monoisotopic (exact) mass is 265 g/mol. The van der Waals surface area contributed by atoms with Gasteiger partial charge in [-0.3, -0.25) is 0 Å². The summed E-state index contributed by atoms with van der Waals surface area (Å²) in [5, 5.41) is 21.8. The fourth-order valence-corrected chi connectivity index (χ4v) is 1.65. The molecule has 5 nitrogen and oxygen atoms in total. The van der Waals surface area contributed by atoms with Crippen LogP contribution in [0, 0.1) is 0 Å². The Morgan fingerprint density at radius 1 is 1.33 bits per heavy atom. The highest BCUT2D eigenvalue weighted by Crippen LogP contribution is 2.27. The standard InChI is InChI=1S/C12H12ClN3O2/c1-2-18-10-7-14-16-15-11(10)12(17)8-3-5-9(13)6-4-8/h3-7,12,17H,2H2,1H3. The minimum absolute atomic E-state index is 0.342. The van der Waals surface area contributed by atoms with E-state index >= 15 is 0 Å². The molecule has 0 saturated heterocycles. The Hall–Kier alpha value is -1.72. The zero-order valence-electron chi connectivity index (χ0n) is 9.75. The van der Waals surface area contributed by atoms with Crippen LogP contribution in [0.4, 0.5) is 0 Å². The third-order valence-electron chi connectivity index (χ3n) is 2.38. The first-order valence-corrected chi connectivity index (χ1v) is 5.84. The van der Waals surface area contributed by atoms with E-state index in [1.165, 1.54) is 6.20 Å². The average Bonchev–Trinajstić information content (AvgIpc) is 2.40. The SMILES string of the molecule is CCOc1cnnnc1C(O)c1ccc(Cl)cc1. The van der Waals surface area contributed by atoms with Gasteiger partial charge < -0.3 is 9.84 Å². The van der Waals surface area contributed by atoms with E-state index in [1.807, 2.05) is 6.92 Å². The van der Waals surface area contributed by atoms with Gasteiger partial charge in [-0.05, 0) is 29.8 Å². The van der Waals surface area contributed by atoms with Crippen molar-refractivity contribution in [1.82, 2.24) is 15.4 Å². The predicted molar refractivity (Wildman–Crippen MR) is 66.5 cm³/mol. The number of hydrogen-bond donors (Lipinski definition) is 1. The van der Waals surface area contributed by atoms with E-state index in [1.54, 1.807) is 24.3 Å². The summed E-state index contributed by atoms with van der Waals surface area (Å²) in [5.41, 5.74) is 1.01. The quantitative estimate of drug-likeness (QED) is 0.916. The summed E-state index contributed by atoms with van der Waals surface area (Å²) in [6, 6.07) is 6.86. The Bertz CT molecular complexity index is 519. The Morgan fingerprint density at radius 3 is 2.72 bits per heavy atom. The van der Waals surface area contributed by atoms with Crippen molar-refractivity contribution in [1.29, 1.82) is 0 Å². The molecule has 1 unspecified atom stereocenters. The molecule has 1 heterocycles. The predicted octanol–water partition coefficient (Wildman–Crippen LogP) is 2.01. The lowest BCUT2D eigenvalue weighted by molar-refractivity contribution is 0.203. The molecule has 2 rings (SSSR count). The normalized spacial score (nSPS) is 12.2. The number of aliphatic hydroxyl groups excluding tert-OH is 1. The van der Waals surface area contributed by atoms with E-state index in [-0.39, 0.29) is 0 Å². The fourth-order valence-electron chi connectivity index (χ4n) is 1.53. The number of halogens is 1. The van der Waals surface area contributed by atoms with E-state index in [0.717, 1.165) is 0 Å². The van der Waals surface area contributed by atoms with Crippen LogP contribution in [-0.2, 0) is 0 Å². The highest BCUT2D eigenvalue weighted by atomic mass is 35.5. The Kier molecular flexibility index (Phi) is 4.07. The number of nitrogens with zero attached hydrogens (tertiary/aromatic N) is 3. The zero-order chi connectivity index (χ0) is 13.0. The van der Waals surface area contributed by atoms with Crippen molar-refractivity contribution in [3.05, 3.63) is 46.7 Å². The molecular weight excluding hydrogens is 254 g/mol. The largest absolute Gasteiger partial charge is 0.490 e. The highest BCUT2D eigenvalue weighted by Gasteiger charge is 2.18. The van der Waals surface area contributed by atoms with Gasteiger partial charge >= 0.3 is 0 Å². The lowest BCUT2D eigenvalue weighted by Crippen LogP contribution is -2.08. The van der Waals surface area contributed by atoms with Gasteiger partial charge in [0, 0.05) is 5.02 Å². The fraction of sp³-hybridized carbons (Fsp3) is 0.250. The molecule has 1 atom stereocenters. The molecule has 0 fully saturated rings. The maximum atomic E-state index is 10.2. The lowest BCUT2D eigenvalue weighted by atomic mass is 10.1. The molecule has 94 valence electrons. The number of rotatable bonds is 4. The molecule has 0 amide bonds. The second kappa shape index (κ2) is 5.75. The third kappa shape index (κ3) is 2.75. The van der Waals surface area contributed by atoms with Gasteiger partial charge in [-0.1, -0.05) is 23.7 Å². The van der Waals surface area contributed by atoms with Gasteiger partial charge in [0.25, 0.3) is 0 Å². The molecule has 1 N–H and O–H groups in total.